The van der Waals surface area contributed by atoms with Gasteiger partial charge >= 0.3 is 6.09 Å². The lowest BCUT2D eigenvalue weighted by atomic mass is 9.97. The summed E-state index contributed by atoms with van der Waals surface area (Å²) in [6.07, 6.45) is -0.954. The van der Waals surface area contributed by atoms with E-state index in [-0.39, 0.29) is 5.78 Å². The summed E-state index contributed by atoms with van der Waals surface area (Å²) in [5.41, 5.74) is 4.14. The van der Waals surface area contributed by atoms with E-state index < -0.39 is 11.7 Å². The highest BCUT2D eigenvalue weighted by molar-refractivity contribution is 6.02. The number of hydrogen-bond donors (Lipinski definition) is 1. The molecule has 0 heterocycles. The molecule has 1 amide bonds. The number of ether oxygens (including phenoxy) is 1. The van der Waals surface area contributed by atoms with E-state index in [1.165, 1.54) is 13.8 Å². The molecule has 0 fully saturated rings. The van der Waals surface area contributed by atoms with E-state index in [9.17, 15) is 9.59 Å². The summed E-state index contributed by atoms with van der Waals surface area (Å²) in [5.74, 6) is -0.276. The first-order chi connectivity index (χ1) is 6.93. The van der Waals surface area contributed by atoms with Crippen molar-refractivity contribution in [3.8, 4) is 0 Å². The van der Waals surface area contributed by atoms with Crippen LogP contribution in [0.25, 0.3) is 0 Å². The molecule has 1 aromatic rings. The fraction of sp³-hybridized carbons (Fsp3) is 0.273. The van der Waals surface area contributed by atoms with Crippen LogP contribution in [0.2, 0.25) is 0 Å². The summed E-state index contributed by atoms with van der Waals surface area (Å²) < 4.78 is 4.74. The molecule has 2 N–H and O–H groups in total. The van der Waals surface area contributed by atoms with Gasteiger partial charge in [0.1, 0.15) is 0 Å². The van der Waals surface area contributed by atoms with Crippen LogP contribution in [-0.2, 0) is 4.74 Å². The standard InChI is InChI=1S/C11H13NO3/c1-11(2,15-10(12)14)9(13)8-6-4-3-5-7-8/h3-7H,1-2H3,(H2,12,14). The van der Waals surface area contributed by atoms with Crippen LogP contribution in [0.4, 0.5) is 4.79 Å². The van der Waals surface area contributed by atoms with E-state index >= 15 is 0 Å². The van der Waals surface area contributed by atoms with Gasteiger partial charge in [-0.1, -0.05) is 30.3 Å². The first-order valence-electron chi connectivity index (χ1n) is 4.52. The van der Waals surface area contributed by atoms with Crippen molar-refractivity contribution < 1.29 is 14.3 Å². The fourth-order valence-electron chi connectivity index (χ4n) is 1.23. The molecule has 0 aliphatic rings. The molecule has 1 rings (SSSR count). The molecule has 0 spiro atoms. The molecule has 0 aromatic heterocycles. The van der Waals surface area contributed by atoms with E-state index in [0.717, 1.165) is 0 Å². The average Bonchev–Trinajstić information content (AvgIpc) is 2.16. The molecule has 15 heavy (non-hydrogen) atoms. The normalized spacial score (nSPS) is 10.8. The van der Waals surface area contributed by atoms with Gasteiger partial charge < -0.3 is 10.5 Å². The Morgan fingerprint density at radius 3 is 2.20 bits per heavy atom. The molecule has 0 atom stereocenters. The molecule has 0 radical (unpaired) electrons. The summed E-state index contributed by atoms with van der Waals surface area (Å²) in [6.45, 7) is 3.01. The Morgan fingerprint density at radius 2 is 1.73 bits per heavy atom. The topological polar surface area (TPSA) is 69.4 Å². The van der Waals surface area contributed by atoms with Gasteiger partial charge in [0.05, 0.1) is 0 Å². The molecule has 0 aliphatic carbocycles. The number of benzene rings is 1. The van der Waals surface area contributed by atoms with Crippen LogP contribution >= 0.6 is 0 Å². The van der Waals surface area contributed by atoms with Crippen molar-refractivity contribution in [2.24, 2.45) is 5.73 Å². The van der Waals surface area contributed by atoms with Gasteiger partial charge in [0.15, 0.2) is 5.60 Å². The Bertz CT molecular complexity index is 371. The van der Waals surface area contributed by atoms with Crippen molar-refractivity contribution in [1.29, 1.82) is 0 Å². The molecule has 4 nitrogen and oxygen atoms in total. The highest BCUT2D eigenvalue weighted by Gasteiger charge is 2.31. The Hall–Kier alpha value is -1.84. The number of carbonyl (C=O) groups is 2. The van der Waals surface area contributed by atoms with Gasteiger partial charge in [0, 0.05) is 5.56 Å². The molecule has 0 bridgehead atoms. The minimum Gasteiger partial charge on any atom is -0.435 e. The van der Waals surface area contributed by atoms with Crippen molar-refractivity contribution in [2.45, 2.75) is 19.4 Å². The van der Waals surface area contributed by atoms with Gasteiger partial charge in [0.25, 0.3) is 0 Å². The third-order valence-electron chi connectivity index (χ3n) is 1.94. The van der Waals surface area contributed by atoms with Crippen molar-refractivity contribution in [1.82, 2.24) is 0 Å². The van der Waals surface area contributed by atoms with Crippen LogP contribution in [0.5, 0.6) is 0 Å². The summed E-state index contributed by atoms with van der Waals surface area (Å²) in [4.78, 5) is 22.5. The lowest BCUT2D eigenvalue weighted by Crippen LogP contribution is -2.39. The largest absolute Gasteiger partial charge is 0.435 e. The Labute approximate surface area is 88.0 Å². The molecule has 0 aliphatic heterocycles. The van der Waals surface area contributed by atoms with Crippen LogP contribution in [0, 0.1) is 0 Å². The van der Waals surface area contributed by atoms with Crippen molar-refractivity contribution in [3.05, 3.63) is 35.9 Å². The van der Waals surface area contributed by atoms with Crippen LogP contribution in [0.15, 0.2) is 30.3 Å². The first-order valence-corrected chi connectivity index (χ1v) is 4.52. The molecule has 80 valence electrons. The minimum atomic E-state index is -1.23. The number of rotatable bonds is 3. The first kappa shape index (κ1) is 11.2. The lowest BCUT2D eigenvalue weighted by Gasteiger charge is -2.22. The van der Waals surface area contributed by atoms with Crippen molar-refractivity contribution in [2.75, 3.05) is 0 Å². The second-order valence-electron chi connectivity index (χ2n) is 3.63. The molecule has 1 aromatic carbocycles. The summed E-state index contributed by atoms with van der Waals surface area (Å²) >= 11 is 0. The highest BCUT2D eigenvalue weighted by Crippen LogP contribution is 2.16. The maximum absolute atomic E-state index is 11.9. The van der Waals surface area contributed by atoms with E-state index in [4.69, 9.17) is 10.5 Å². The van der Waals surface area contributed by atoms with E-state index in [0.29, 0.717) is 5.56 Å². The van der Waals surface area contributed by atoms with Crippen LogP contribution < -0.4 is 5.73 Å². The zero-order valence-electron chi connectivity index (χ0n) is 8.69. The number of hydrogen-bond acceptors (Lipinski definition) is 3. The number of nitrogens with two attached hydrogens (primary N) is 1. The van der Waals surface area contributed by atoms with E-state index in [1.54, 1.807) is 30.3 Å². The number of primary amides is 1. The number of Topliss-reactive ketones (excluding diaryl/α,β-unsaturated/α-hetero) is 1. The minimum absolute atomic E-state index is 0.276. The van der Waals surface area contributed by atoms with Gasteiger partial charge in [-0.15, -0.1) is 0 Å². The van der Waals surface area contributed by atoms with Crippen LogP contribution in [0.1, 0.15) is 24.2 Å². The third kappa shape index (κ3) is 2.80. The zero-order chi connectivity index (χ0) is 11.5. The van der Waals surface area contributed by atoms with Gasteiger partial charge in [-0.3, -0.25) is 4.79 Å². The number of amides is 1. The second kappa shape index (κ2) is 4.13. The van der Waals surface area contributed by atoms with E-state index in [1.807, 2.05) is 0 Å². The van der Waals surface area contributed by atoms with E-state index in [2.05, 4.69) is 0 Å². The van der Waals surface area contributed by atoms with Crippen molar-refractivity contribution in [3.63, 3.8) is 0 Å². The fourth-order valence-corrected chi connectivity index (χ4v) is 1.23. The Morgan fingerprint density at radius 1 is 1.20 bits per heavy atom. The van der Waals surface area contributed by atoms with Gasteiger partial charge in [-0.2, -0.15) is 0 Å². The van der Waals surface area contributed by atoms with Gasteiger partial charge in [-0.25, -0.2) is 4.79 Å². The Balaban J connectivity index is 2.89. The summed E-state index contributed by atoms with van der Waals surface area (Å²) in [7, 11) is 0. The number of carbonyl (C=O) groups excluding carboxylic acids is 2. The van der Waals surface area contributed by atoms with Crippen LogP contribution in [-0.4, -0.2) is 17.5 Å². The van der Waals surface area contributed by atoms with Crippen molar-refractivity contribution >= 4 is 11.9 Å². The number of ketones is 1. The third-order valence-corrected chi connectivity index (χ3v) is 1.94. The molecule has 0 saturated heterocycles. The smallest absolute Gasteiger partial charge is 0.405 e. The molecule has 4 heteroatoms. The lowest BCUT2D eigenvalue weighted by molar-refractivity contribution is 0.0356. The quantitative estimate of drug-likeness (QED) is 0.767. The van der Waals surface area contributed by atoms with Gasteiger partial charge in [-0.05, 0) is 13.8 Å². The predicted octanol–water partition coefficient (Wildman–Crippen LogP) is 1.74. The molecule has 0 saturated carbocycles. The highest BCUT2D eigenvalue weighted by atomic mass is 16.6. The molecular formula is C11H13NO3. The second-order valence-corrected chi connectivity index (χ2v) is 3.63. The summed E-state index contributed by atoms with van der Waals surface area (Å²) in [5, 5.41) is 0. The molecular weight excluding hydrogens is 194 g/mol. The predicted molar refractivity (Wildman–Crippen MR) is 55.5 cm³/mol. The molecule has 0 unspecified atom stereocenters. The maximum Gasteiger partial charge on any atom is 0.405 e. The SMILES string of the molecule is CC(C)(OC(N)=O)C(=O)c1ccccc1. The maximum atomic E-state index is 11.9. The van der Waals surface area contributed by atoms with Gasteiger partial charge in [0.2, 0.25) is 5.78 Å². The van der Waals surface area contributed by atoms with Crippen LogP contribution in [0.3, 0.4) is 0 Å². The average molecular weight is 207 g/mol. The summed E-state index contributed by atoms with van der Waals surface area (Å²) in [6, 6.07) is 8.61. The monoisotopic (exact) mass is 207 g/mol. The zero-order valence-corrected chi connectivity index (χ0v) is 8.69. The Kier molecular flexibility index (Phi) is 3.09.